The Balaban J connectivity index is 1.26. The molecule has 2 fully saturated rings. The van der Waals surface area contributed by atoms with Gasteiger partial charge >= 0.3 is 0 Å². The van der Waals surface area contributed by atoms with Crippen LogP contribution >= 0.6 is 0 Å². The van der Waals surface area contributed by atoms with Gasteiger partial charge in [-0.1, -0.05) is 49.2 Å². The molecule has 2 aromatic rings. The van der Waals surface area contributed by atoms with Gasteiger partial charge in [0, 0.05) is 26.2 Å². The van der Waals surface area contributed by atoms with Gasteiger partial charge in [-0.3, -0.25) is 14.5 Å². The van der Waals surface area contributed by atoms with E-state index in [9.17, 15) is 14.0 Å². The van der Waals surface area contributed by atoms with Gasteiger partial charge in [0.05, 0.1) is 12.3 Å². The number of amides is 2. The molecule has 2 amide bonds. The molecule has 4 rings (SSSR count). The lowest BCUT2D eigenvalue weighted by Gasteiger charge is -2.32. The van der Waals surface area contributed by atoms with E-state index in [0.29, 0.717) is 19.6 Å². The van der Waals surface area contributed by atoms with E-state index in [0.717, 1.165) is 30.5 Å². The molecule has 0 radical (unpaired) electrons. The summed E-state index contributed by atoms with van der Waals surface area (Å²) < 4.78 is 13.1. The first-order valence-corrected chi connectivity index (χ1v) is 12.7. The van der Waals surface area contributed by atoms with Gasteiger partial charge in [-0.2, -0.15) is 0 Å². The van der Waals surface area contributed by atoms with Crippen molar-refractivity contribution in [2.45, 2.75) is 58.0 Å². The Labute approximate surface area is 202 Å². The molecule has 1 atom stereocenters. The highest BCUT2D eigenvalue weighted by Crippen LogP contribution is 2.19. The number of carbonyl (C=O) groups excluding carboxylic acids is 2. The summed E-state index contributed by atoms with van der Waals surface area (Å²) in [5, 5.41) is 3.09. The first kappa shape index (κ1) is 24.4. The summed E-state index contributed by atoms with van der Waals surface area (Å²) in [6, 6.07) is 14.5. The van der Waals surface area contributed by atoms with E-state index < -0.39 is 0 Å². The van der Waals surface area contributed by atoms with Crippen molar-refractivity contribution in [1.29, 1.82) is 0 Å². The van der Waals surface area contributed by atoms with Crippen molar-refractivity contribution in [3.63, 3.8) is 0 Å². The lowest BCUT2D eigenvalue weighted by Crippen LogP contribution is -2.45. The Bertz CT molecular complexity index is 954. The van der Waals surface area contributed by atoms with Crippen molar-refractivity contribution in [3.8, 4) is 0 Å². The van der Waals surface area contributed by atoms with Crippen LogP contribution in [0.1, 0.15) is 55.2 Å². The number of benzene rings is 2. The smallest absolute Gasteiger partial charge is 0.227 e. The van der Waals surface area contributed by atoms with Gasteiger partial charge in [-0.25, -0.2) is 4.39 Å². The molecule has 34 heavy (non-hydrogen) atoms. The summed E-state index contributed by atoms with van der Waals surface area (Å²) in [4.78, 5) is 29.9. The Hall–Kier alpha value is -2.73. The molecule has 2 aliphatic rings. The van der Waals surface area contributed by atoms with Crippen LogP contribution in [0.2, 0.25) is 0 Å². The summed E-state index contributed by atoms with van der Waals surface area (Å²) >= 11 is 0. The maximum Gasteiger partial charge on any atom is 0.227 e. The van der Waals surface area contributed by atoms with Crippen LogP contribution in [-0.4, -0.2) is 47.8 Å². The molecule has 5 nitrogen and oxygen atoms in total. The number of nitrogens with one attached hydrogen (secondary N) is 1. The minimum atomic E-state index is -0.307. The van der Waals surface area contributed by atoms with E-state index in [1.165, 1.54) is 56.5 Å². The summed E-state index contributed by atoms with van der Waals surface area (Å²) in [6.07, 6.45) is 7.07. The van der Waals surface area contributed by atoms with Gasteiger partial charge < -0.3 is 10.2 Å². The number of piperidine rings is 1. The molecule has 1 unspecified atom stereocenters. The van der Waals surface area contributed by atoms with E-state index in [1.807, 2.05) is 0 Å². The van der Waals surface area contributed by atoms with Crippen LogP contribution in [0.25, 0.3) is 0 Å². The van der Waals surface area contributed by atoms with Crippen LogP contribution in [0.4, 0.5) is 4.39 Å². The van der Waals surface area contributed by atoms with Crippen LogP contribution < -0.4 is 5.32 Å². The molecule has 6 heteroatoms. The zero-order valence-electron chi connectivity index (χ0n) is 20.0. The number of hydrogen-bond acceptors (Lipinski definition) is 3. The average Bonchev–Trinajstić information content (AvgIpc) is 3.13. The Morgan fingerprint density at radius 2 is 1.62 bits per heavy atom. The Morgan fingerprint density at radius 3 is 2.38 bits per heavy atom. The third kappa shape index (κ3) is 7.13. The van der Waals surface area contributed by atoms with Crippen molar-refractivity contribution in [3.05, 3.63) is 71.0 Å². The maximum absolute atomic E-state index is 13.1. The third-order valence-corrected chi connectivity index (χ3v) is 6.98. The van der Waals surface area contributed by atoms with Gasteiger partial charge in [0.2, 0.25) is 11.8 Å². The minimum absolute atomic E-state index is 0.00896. The Morgan fingerprint density at radius 1 is 0.882 bits per heavy atom. The topological polar surface area (TPSA) is 52.7 Å². The number of nitrogens with zero attached hydrogens (tertiary/aromatic N) is 2. The van der Waals surface area contributed by atoms with E-state index >= 15 is 0 Å². The summed E-state index contributed by atoms with van der Waals surface area (Å²) in [7, 11) is 0. The average molecular weight is 466 g/mol. The molecule has 2 aliphatic heterocycles. The van der Waals surface area contributed by atoms with Crippen molar-refractivity contribution >= 4 is 11.8 Å². The minimum Gasteiger partial charge on any atom is -0.352 e. The van der Waals surface area contributed by atoms with Crippen LogP contribution in [0.5, 0.6) is 0 Å². The van der Waals surface area contributed by atoms with E-state index in [4.69, 9.17) is 0 Å². The molecule has 0 aromatic heterocycles. The third-order valence-electron chi connectivity index (χ3n) is 6.98. The van der Waals surface area contributed by atoms with Crippen LogP contribution in [0, 0.1) is 11.7 Å². The van der Waals surface area contributed by atoms with E-state index in [2.05, 4.69) is 34.5 Å². The molecule has 0 bridgehead atoms. The molecule has 2 saturated heterocycles. The largest absolute Gasteiger partial charge is 0.352 e. The van der Waals surface area contributed by atoms with Crippen molar-refractivity contribution in [1.82, 2.24) is 15.1 Å². The van der Waals surface area contributed by atoms with Gasteiger partial charge in [-0.05, 0) is 67.6 Å². The van der Waals surface area contributed by atoms with E-state index in [1.54, 1.807) is 17.0 Å². The second kappa shape index (κ2) is 12.1. The maximum atomic E-state index is 13.1. The second-order valence-electron chi connectivity index (χ2n) is 9.71. The van der Waals surface area contributed by atoms with Gasteiger partial charge in [0.15, 0.2) is 0 Å². The van der Waals surface area contributed by atoms with Crippen molar-refractivity contribution in [2.24, 2.45) is 5.92 Å². The number of likely N-dealkylation sites (tertiary alicyclic amines) is 2. The van der Waals surface area contributed by atoms with Gasteiger partial charge in [0.25, 0.3) is 0 Å². The van der Waals surface area contributed by atoms with Crippen molar-refractivity contribution in [2.75, 3.05) is 26.2 Å². The zero-order chi connectivity index (χ0) is 23.8. The van der Waals surface area contributed by atoms with E-state index in [-0.39, 0.29) is 30.0 Å². The molecule has 2 heterocycles. The SMILES string of the molecule is O=C(NCc1cccc(CN2CCCCCC2)c1)C1CCCN(C(=O)Cc2ccc(F)cc2)C1. The molecule has 182 valence electrons. The molecule has 0 spiro atoms. The highest BCUT2D eigenvalue weighted by molar-refractivity contribution is 5.82. The Kier molecular flexibility index (Phi) is 8.69. The highest BCUT2D eigenvalue weighted by atomic mass is 19.1. The lowest BCUT2D eigenvalue weighted by molar-refractivity contribution is -0.135. The lowest BCUT2D eigenvalue weighted by atomic mass is 9.96. The molecule has 0 saturated carbocycles. The van der Waals surface area contributed by atoms with Crippen molar-refractivity contribution < 1.29 is 14.0 Å². The first-order chi connectivity index (χ1) is 16.6. The van der Waals surface area contributed by atoms with Crippen LogP contribution in [0.15, 0.2) is 48.5 Å². The number of rotatable bonds is 7. The molecular weight excluding hydrogens is 429 g/mol. The molecule has 0 aliphatic carbocycles. The second-order valence-corrected chi connectivity index (χ2v) is 9.71. The zero-order valence-corrected chi connectivity index (χ0v) is 20.0. The number of halogens is 1. The normalized spacial score (nSPS) is 19.4. The van der Waals surface area contributed by atoms with Gasteiger partial charge in [0.1, 0.15) is 5.82 Å². The fourth-order valence-electron chi connectivity index (χ4n) is 5.03. The highest BCUT2D eigenvalue weighted by Gasteiger charge is 2.28. The van der Waals surface area contributed by atoms with Gasteiger partial charge in [-0.15, -0.1) is 0 Å². The quantitative estimate of drug-likeness (QED) is 0.663. The fourth-order valence-corrected chi connectivity index (χ4v) is 5.03. The number of carbonyl (C=O) groups is 2. The summed E-state index contributed by atoms with van der Waals surface area (Å²) in [6.45, 7) is 4.92. The first-order valence-electron chi connectivity index (χ1n) is 12.7. The fraction of sp³-hybridized carbons (Fsp3) is 0.500. The standard InChI is InChI=1S/C28H36FN3O2/c29-26-12-10-22(11-13-26)18-27(33)32-16-6-9-25(21-32)28(34)30-19-23-7-5-8-24(17-23)20-31-14-3-1-2-4-15-31/h5,7-8,10-13,17,25H,1-4,6,9,14-16,18-21H2,(H,30,34). The predicted octanol–water partition coefficient (Wildman–Crippen LogP) is 4.30. The molecule has 2 aromatic carbocycles. The number of hydrogen-bond donors (Lipinski definition) is 1. The molecular formula is C28H36FN3O2. The van der Waals surface area contributed by atoms with Crippen LogP contribution in [0.3, 0.4) is 0 Å². The summed E-state index contributed by atoms with van der Waals surface area (Å²) in [5.74, 6) is -0.493. The molecule has 1 N–H and O–H groups in total. The predicted molar refractivity (Wildman–Crippen MR) is 131 cm³/mol. The monoisotopic (exact) mass is 465 g/mol. The summed E-state index contributed by atoms with van der Waals surface area (Å²) in [5.41, 5.74) is 3.20. The van der Waals surface area contributed by atoms with Crippen LogP contribution in [-0.2, 0) is 29.1 Å².